The van der Waals surface area contributed by atoms with E-state index in [1.807, 2.05) is 0 Å². The maximum absolute atomic E-state index is 10.9. The van der Waals surface area contributed by atoms with Crippen molar-refractivity contribution in [3.63, 3.8) is 0 Å². The van der Waals surface area contributed by atoms with E-state index in [-0.39, 0.29) is 0 Å². The zero-order chi connectivity index (χ0) is 14.1. The van der Waals surface area contributed by atoms with E-state index in [4.69, 9.17) is 9.29 Å². The molecule has 5 atom stereocenters. The fraction of sp³-hybridized carbons (Fsp3) is 0.875. The van der Waals surface area contributed by atoms with E-state index in [9.17, 15) is 23.4 Å². The normalized spacial score (nSPS) is 37.3. The third kappa shape index (κ3) is 3.86. The van der Waals surface area contributed by atoms with Gasteiger partial charge < -0.3 is 20.3 Å². The number of ether oxygens (including phenoxy) is 1. The zero-order valence-corrected chi connectivity index (χ0v) is 10.5. The first-order valence-electron chi connectivity index (χ1n) is 5.06. The molecule has 10 heteroatoms. The van der Waals surface area contributed by atoms with E-state index in [1.165, 1.54) is 6.92 Å². The second-order valence-corrected chi connectivity index (χ2v) is 4.99. The molecule has 1 saturated heterocycles. The lowest BCUT2D eigenvalue weighted by molar-refractivity contribution is -0.237. The maximum Gasteiger partial charge on any atom is 0.397 e. The van der Waals surface area contributed by atoms with Crippen molar-refractivity contribution >= 4 is 16.3 Å². The highest BCUT2D eigenvalue weighted by atomic mass is 32.3. The van der Waals surface area contributed by atoms with Crippen molar-refractivity contribution in [1.29, 1.82) is 0 Å². The molecule has 1 rings (SSSR count). The van der Waals surface area contributed by atoms with Crippen LogP contribution in [0.2, 0.25) is 0 Å². The summed E-state index contributed by atoms with van der Waals surface area (Å²) in [5.74, 6) is -0.554. The summed E-state index contributed by atoms with van der Waals surface area (Å²) in [6.07, 6.45) is -5.52. The van der Waals surface area contributed by atoms with Gasteiger partial charge in [-0.3, -0.25) is 9.35 Å². The van der Waals surface area contributed by atoms with Gasteiger partial charge in [-0.05, 0) is 6.92 Å². The third-order valence-electron chi connectivity index (χ3n) is 2.43. The minimum Gasteiger partial charge on any atom is -0.388 e. The standard InChI is InChI=1S/C8H15NO8S/c1-3-7(17-18(13,14)15)6(11)5(8(12)16-3)9-4(2)10/h3,5-8,11-12H,1-2H3,(H,9,10)(H,13,14,15)/t3-,5-,6-,7+,8-/m1/s1. The predicted octanol–water partition coefficient (Wildman–Crippen LogP) is -2.22. The number of rotatable bonds is 3. The van der Waals surface area contributed by atoms with Crippen molar-refractivity contribution in [3.05, 3.63) is 0 Å². The summed E-state index contributed by atoms with van der Waals surface area (Å²) in [5, 5.41) is 21.5. The van der Waals surface area contributed by atoms with Gasteiger partial charge in [0, 0.05) is 6.92 Å². The lowest BCUT2D eigenvalue weighted by atomic mass is 9.98. The molecule has 0 saturated carbocycles. The van der Waals surface area contributed by atoms with E-state index < -0.39 is 46.9 Å². The predicted molar refractivity (Wildman–Crippen MR) is 56.6 cm³/mol. The first-order chi connectivity index (χ1) is 8.11. The summed E-state index contributed by atoms with van der Waals surface area (Å²) in [4.78, 5) is 10.9. The minimum atomic E-state index is -4.79. The number of carbonyl (C=O) groups is 1. The number of hydrogen-bond acceptors (Lipinski definition) is 7. The van der Waals surface area contributed by atoms with Crippen LogP contribution in [0, 0.1) is 0 Å². The van der Waals surface area contributed by atoms with Crippen LogP contribution in [-0.4, -0.2) is 59.7 Å². The van der Waals surface area contributed by atoms with Gasteiger partial charge >= 0.3 is 10.4 Å². The molecule has 0 aromatic heterocycles. The van der Waals surface area contributed by atoms with Crippen molar-refractivity contribution in [3.8, 4) is 0 Å². The zero-order valence-electron chi connectivity index (χ0n) is 9.68. The van der Waals surface area contributed by atoms with Crippen molar-refractivity contribution in [2.45, 2.75) is 44.5 Å². The summed E-state index contributed by atoms with van der Waals surface area (Å²) in [7, 11) is -4.79. The van der Waals surface area contributed by atoms with E-state index in [2.05, 4.69) is 9.50 Å². The fourth-order valence-corrected chi connectivity index (χ4v) is 2.25. The lowest BCUT2D eigenvalue weighted by Crippen LogP contribution is -2.63. The van der Waals surface area contributed by atoms with Crippen LogP contribution in [-0.2, 0) is 24.1 Å². The van der Waals surface area contributed by atoms with E-state index in [0.717, 1.165) is 6.92 Å². The molecule has 0 bridgehead atoms. The molecule has 0 unspecified atom stereocenters. The topological polar surface area (TPSA) is 142 Å². The molecule has 1 amide bonds. The van der Waals surface area contributed by atoms with Crippen LogP contribution in [0.4, 0.5) is 0 Å². The van der Waals surface area contributed by atoms with E-state index >= 15 is 0 Å². The summed E-state index contributed by atoms with van der Waals surface area (Å²) < 4.78 is 39.0. The molecule has 1 aliphatic heterocycles. The number of amides is 1. The Hall–Kier alpha value is -0.780. The second-order valence-electron chi connectivity index (χ2n) is 3.94. The highest BCUT2D eigenvalue weighted by Crippen LogP contribution is 2.23. The van der Waals surface area contributed by atoms with Crippen LogP contribution in [0.5, 0.6) is 0 Å². The largest absolute Gasteiger partial charge is 0.397 e. The van der Waals surface area contributed by atoms with Crippen molar-refractivity contribution < 1.29 is 36.9 Å². The Labute approximate surface area is 104 Å². The number of aliphatic hydroxyl groups is 2. The Morgan fingerprint density at radius 3 is 2.39 bits per heavy atom. The first kappa shape index (κ1) is 15.3. The van der Waals surface area contributed by atoms with Crippen LogP contribution < -0.4 is 5.32 Å². The van der Waals surface area contributed by atoms with Crippen LogP contribution in [0.3, 0.4) is 0 Å². The number of nitrogens with one attached hydrogen (secondary N) is 1. The molecule has 0 spiro atoms. The molecule has 0 aromatic carbocycles. The van der Waals surface area contributed by atoms with E-state index in [1.54, 1.807) is 0 Å². The number of carbonyl (C=O) groups excluding carboxylic acids is 1. The second kappa shape index (κ2) is 5.47. The SMILES string of the molecule is CC(=O)N[C@@H]1[C@@H](O)[C@@H](OS(=O)(=O)O)[C@@H](C)O[C@H]1O. The van der Waals surface area contributed by atoms with Gasteiger partial charge in [0.25, 0.3) is 0 Å². The molecular formula is C8H15NO8S. The summed E-state index contributed by atoms with van der Waals surface area (Å²) in [5.41, 5.74) is 0. The molecule has 0 aromatic rings. The Bertz CT molecular complexity index is 409. The lowest BCUT2D eigenvalue weighted by Gasteiger charge is -2.40. The molecule has 1 fully saturated rings. The highest BCUT2D eigenvalue weighted by molar-refractivity contribution is 7.80. The number of aliphatic hydroxyl groups excluding tert-OH is 2. The summed E-state index contributed by atoms with van der Waals surface area (Å²) >= 11 is 0. The van der Waals surface area contributed by atoms with Gasteiger partial charge in [-0.25, -0.2) is 4.18 Å². The van der Waals surface area contributed by atoms with Gasteiger partial charge in [-0.15, -0.1) is 0 Å². The third-order valence-corrected chi connectivity index (χ3v) is 2.90. The van der Waals surface area contributed by atoms with Crippen LogP contribution >= 0.6 is 0 Å². The highest BCUT2D eigenvalue weighted by Gasteiger charge is 2.45. The van der Waals surface area contributed by atoms with Gasteiger partial charge in [-0.2, -0.15) is 8.42 Å². The fourth-order valence-electron chi connectivity index (χ4n) is 1.70. The van der Waals surface area contributed by atoms with Gasteiger partial charge in [0.2, 0.25) is 5.91 Å². The molecule has 0 radical (unpaired) electrons. The van der Waals surface area contributed by atoms with Gasteiger partial charge in [0.15, 0.2) is 6.29 Å². The monoisotopic (exact) mass is 285 g/mol. The Kier molecular flexibility index (Phi) is 4.64. The first-order valence-corrected chi connectivity index (χ1v) is 6.42. The summed E-state index contributed by atoms with van der Waals surface area (Å²) in [6, 6.07) is -1.26. The van der Waals surface area contributed by atoms with Gasteiger partial charge in [0.1, 0.15) is 18.2 Å². The Morgan fingerprint density at radius 2 is 1.94 bits per heavy atom. The molecular weight excluding hydrogens is 270 g/mol. The molecule has 106 valence electrons. The van der Waals surface area contributed by atoms with Gasteiger partial charge in [-0.1, -0.05) is 0 Å². The van der Waals surface area contributed by atoms with Crippen molar-refractivity contribution in [2.75, 3.05) is 0 Å². The molecule has 4 N–H and O–H groups in total. The molecule has 9 nitrogen and oxygen atoms in total. The molecule has 1 heterocycles. The quantitative estimate of drug-likeness (QED) is 0.427. The molecule has 18 heavy (non-hydrogen) atoms. The molecule has 0 aliphatic carbocycles. The van der Waals surface area contributed by atoms with Crippen molar-refractivity contribution in [2.24, 2.45) is 0 Å². The molecule has 1 aliphatic rings. The summed E-state index contributed by atoms with van der Waals surface area (Å²) in [6.45, 7) is 2.49. The smallest absolute Gasteiger partial charge is 0.388 e. The van der Waals surface area contributed by atoms with Crippen molar-refractivity contribution in [1.82, 2.24) is 5.32 Å². The average molecular weight is 285 g/mol. The average Bonchev–Trinajstić information content (AvgIpc) is 2.17. The Morgan fingerprint density at radius 1 is 1.39 bits per heavy atom. The Balaban J connectivity index is 2.87. The van der Waals surface area contributed by atoms with Crippen LogP contribution in [0.15, 0.2) is 0 Å². The minimum absolute atomic E-state index is 0.554. The maximum atomic E-state index is 10.9. The van der Waals surface area contributed by atoms with Gasteiger partial charge in [0.05, 0.1) is 6.10 Å². The number of hydrogen-bond donors (Lipinski definition) is 4. The van der Waals surface area contributed by atoms with E-state index in [0.29, 0.717) is 0 Å². The van der Waals surface area contributed by atoms with Crippen LogP contribution in [0.25, 0.3) is 0 Å². The van der Waals surface area contributed by atoms with Crippen LogP contribution in [0.1, 0.15) is 13.8 Å².